The third-order valence-corrected chi connectivity index (χ3v) is 8.79. The van der Waals surface area contributed by atoms with Gasteiger partial charge in [0, 0.05) is 68.6 Å². The molecule has 222 valence electrons. The molecule has 0 bridgehead atoms. The van der Waals surface area contributed by atoms with Crippen LogP contribution in [0.25, 0.3) is 11.4 Å². The first-order valence-electron chi connectivity index (χ1n) is 14.5. The van der Waals surface area contributed by atoms with Crippen molar-refractivity contribution in [2.45, 2.75) is 62.4 Å². The number of pyridine rings is 2. The van der Waals surface area contributed by atoms with Gasteiger partial charge >= 0.3 is 6.18 Å². The van der Waals surface area contributed by atoms with Crippen molar-refractivity contribution in [2.24, 2.45) is 5.92 Å². The number of nitrogens with zero attached hydrogens (tertiary/aromatic N) is 6. The number of hydrogen-bond donors (Lipinski definition) is 2. The lowest BCUT2D eigenvalue weighted by Crippen LogP contribution is -2.46. The fourth-order valence-corrected chi connectivity index (χ4v) is 6.37. The van der Waals surface area contributed by atoms with E-state index in [1.54, 1.807) is 24.7 Å². The first kappa shape index (κ1) is 28.5. The topological polar surface area (TPSA) is 107 Å². The smallest absolute Gasteiger partial charge is 0.384 e. The van der Waals surface area contributed by atoms with Crippen molar-refractivity contribution in [1.82, 2.24) is 30.2 Å². The summed E-state index contributed by atoms with van der Waals surface area (Å²) in [4.78, 5) is 34.1. The average Bonchev–Trinajstić information content (AvgIpc) is 3.69. The van der Waals surface area contributed by atoms with E-state index in [2.05, 4.69) is 25.3 Å². The Balaban J connectivity index is 0.966. The molecule has 1 unspecified atom stereocenters. The van der Waals surface area contributed by atoms with Crippen LogP contribution >= 0.6 is 0 Å². The molecule has 3 fully saturated rings. The summed E-state index contributed by atoms with van der Waals surface area (Å²) in [7, 11) is 0. The zero-order chi connectivity index (χ0) is 29.3. The normalized spacial score (nSPS) is 26.5. The molecule has 2 saturated heterocycles. The van der Waals surface area contributed by atoms with Crippen LogP contribution in [0.1, 0.15) is 49.8 Å². The number of aromatic nitrogens is 4. The Labute approximate surface area is 242 Å². The summed E-state index contributed by atoms with van der Waals surface area (Å²) in [5.74, 6) is 0.974. The third-order valence-electron chi connectivity index (χ3n) is 8.79. The molecule has 12 heteroatoms. The summed E-state index contributed by atoms with van der Waals surface area (Å²) in [5, 5.41) is 15.0. The Morgan fingerprint density at radius 1 is 0.905 bits per heavy atom. The molecule has 0 radical (unpaired) electrons. The molecule has 2 atom stereocenters. The summed E-state index contributed by atoms with van der Waals surface area (Å²) < 4.78 is 38.6. The summed E-state index contributed by atoms with van der Waals surface area (Å²) >= 11 is 0. The Kier molecular flexibility index (Phi) is 7.84. The van der Waals surface area contributed by atoms with Gasteiger partial charge in [-0.2, -0.15) is 13.2 Å². The molecule has 6 rings (SSSR count). The molecule has 0 spiro atoms. The highest BCUT2D eigenvalue weighted by molar-refractivity contribution is 5.80. The molecule has 5 heterocycles. The van der Waals surface area contributed by atoms with Crippen LogP contribution in [0.15, 0.2) is 55.1 Å². The minimum atomic E-state index is -4.42. The number of nitrogens with one attached hydrogen (secondary N) is 1. The van der Waals surface area contributed by atoms with E-state index in [1.807, 2.05) is 21.9 Å². The average molecular weight is 582 g/mol. The van der Waals surface area contributed by atoms with E-state index in [4.69, 9.17) is 0 Å². The Bertz CT molecular complexity index is 1360. The molecular weight excluding hydrogens is 547 g/mol. The molecule has 3 aromatic heterocycles. The molecule has 3 aliphatic rings. The second-order valence-corrected chi connectivity index (χ2v) is 11.6. The van der Waals surface area contributed by atoms with Gasteiger partial charge < -0.3 is 20.2 Å². The molecule has 0 aromatic carbocycles. The zero-order valence-corrected chi connectivity index (χ0v) is 23.2. The highest BCUT2D eigenvalue weighted by Crippen LogP contribution is 2.37. The summed E-state index contributed by atoms with van der Waals surface area (Å²) in [5.41, 5.74) is -0.279. The lowest BCUT2D eigenvalue weighted by molar-refractivity contribution is -0.137. The first-order chi connectivity index (χ1) is 20.2. The number of anilines is 1. The second kappa shape index (κ2) is 11.6. The van der Waals surface area contributed by atoms with E-state index < -0.39 is 17.3 Å². The zero-order valence-electron chi connectivity index (χ0n) is 23.2. The van der Waals surface area contributed by atoms with E-state index in [9.17, 15) is 23.1 Å². The molecule has 1 aliphatic carbocycles. The third kappa shape index (κ3) is 6.10. The lowest BCUT2D eigenvalue weighted by Gasteiger charge is -2.37. The number of halogens is 3. The molecule has 42 heavy (non-hydrogen) atoms. The van der Waals surface area contributed by atoms with Gasteiger partial charge in [0.1, 0.15) is 11.4 Å². The van der Waals surface area contributed by atoms with Gasteiger partial charge in [0.15, 0.2) is 5.82 Å². The van der Waals surface area contributed by atoms with E-state index in [0.717, 1.165) is 37.1 Å². The van der Waals surface area contributed by atoms with Crippen LogP contribution in [0.5, 0.6) is 0 Å². The number of likely N-dealkylation sites (tertiary alicyclic amines) is 1. The van der Waals surface area contributed by atoms with Crippen LogP contribution in [0.4, 0.5) is 19.0 Å². The Hall–Kier alpha value is -3.64. The van der Waals surface area contributed by atoms with Crippen molar-refractivity contribution in [3.8, 4) is 11.4 Å². The number of hydrogen-bond acceptors (Lipinski definition) is 8. The van der Waals surface area contributed by atoms with E-state index in [-0.39, 0.29) is 23.9 Å². The monoisotopic (exact) mass is 581 g/mol. The first-order valence-corrected chi connectivity index (χ1v) is 14.5. The molecule has 1 saturated carbocycles. The SMILES string of the molecule is O=C([C@H]1CCN(c2ccc(C(F)(F)F)cn2)C1)N1CCC(NC2CCC(O)(c3ccc(-c4ncccn4)cn3)CC2)C1. The van der Waals surface area contributed by atoms with Crippen molar-refractivity contribution < 1.29 is 23.1 Å². The van der Waals surface area contributed by atoms with E-state index in [1.165, 1.54) is 6.07 Å². The maximum Gasteiger partial charge on any atom is 0.417 e. The van der Waals surface area contributed by atoms with Crippen LogP contribution in [0, 0.1) is 5.92 Å². The maximum atomic E-state index is 13.3. The van der Waals surface area contributed by atoms with Crippen LogP contribution in [-0.4, -0.2) is 74.1 Å². The number of amides is 1. The molecule has 2 aliphatic heterocycles. The second-order valence-electron chi connectivity index (χ2n) is 11.6. The highest BCUT2D eigenvalue weighted by Gasteiger charge is 2.39. The number of rotatable bonds is 6. The largest absolute Gasteiger partial charge is 0.417 e. The maximum absolute atomic E-state index is 13.3. The minimum absolute atomic E-state index is 0.0992. The van der Waals surface area contributed by atoms with E-state index >= 15 is 0 Å². The molecule has 1 amide bonds. The van der Waals surface area contributed by atoms with Gasteiger partial charge in [-0.15, -0.1) is 0 Å². The van der Waals surface area contributed by atoms with Crippen molar-refractivity contribution in [3.63, 3.8) is 0 Å². The minimum Gasteiger partial charge on any atom is -0.384 e. The Morgan fingerprint density at radius 3 is 2.36 bits per heavy atom. The van der Waals surface area contributed by atoms with Gasteiger partial charge in [-0.3, -0.25) is 9.78 Å². The van der Waals surface area contributed by atoms with E-state index in [0.29, 0.717) is 62.8 Å². The van der Waals surface area contributed by atoms with Gasteiger partial charge in [-0.1, -0.05) is 0 Å². The number of carbonyl (C=O) groups excluding carboxylic acids is 1. The molecule has 9 nitrogen and oxygen atoms in total. The summed E-state index contributed by atoms with van der Waals surface area (Å²) in [6, 6.07) is 8.38. The van der Waals surface area contributed by atoms with Crippen molar-refractivity contribution >= 4 is 11.7 Å². The quantitative estimate of drug-likeness (QED) is 0.453. The van der Waals surface area contributed by atoms with Gasteiger partial charge in [-0.05, 0) is 68.9 Å². The molecule has 2 N–H and O–H groups in total. The predicted octanol–water partition coefficient (Wildman–Crippen LogP) is 3.80. The van der Waals surface area contributed by atoms with Crippen LogP contribution in [0.3, 0.4) is 0 Å². The number of alkyl halides is 3. The van der Waals surface area contributed by atoms with Crippen molar-refractivity contribution in [1.29, 1.82) is 0 Å². The van der Waals surface area contributed by atoms with Crippen LogP contribution in [-0.2, 0) is 16.6 Å². The lowest BCUT2D eigenvalue weighted by atomic mass is 9.79. The van der Waals surface area contributed by atoms with Gasteiger partial charge in [0.25, 0.3) is 0 Å². The molecular formula is C30H34F3N7O2. The summed E-state index contributed by atoms with van der Waals surface area (Å²) in [6.45, 7) is 2.37. The predicted molar refractivity (Wildman–Crippen MR) is 149 cm³/mol. The Morgan fingerprint density at radius 2 is 1.69 bits per heavy atom. The fourth-order valence-electron chi connectivity index (χ4n) is 6.37. The van der Waals surface area contributed by atoms with Crippen molar-refractivity contribution in [2.75, 3.05) is 31.1 Å². The number of aliphatic hydroxyl groups is 1. The van der Waals surface area contributed by atoms with Gasteiger partial charge in [-0.25, -0.2) is 15.0 Å². The summed E-state index contributed by atoms with van der Waals surface area (Å²) in [6.07, 6.45) is 5.85. The van der Waals surface area contributed by atoms with Crippen molar-refractivity contribution in [3.05, 3.63) is 66.4 Å². The number of carbonyl (C=O) groups is 1. The molecule has 3 aromatic rings. The van der Waals surface area contributed by atoms with Gasteiger partial charge in [0.05, 0.1) is 17.2 Å². The highest BCUT2D eigenvalue weighted by atomic mass is 19.4. The van der Waals surface area contributed by atoms with Gasteiger partial charge in [0.2, 0.25) is 5.91 Å². The van der Waals surface area contributed by atoms with Crippen LogP contribution < -0.4 is 10.2 Å². The fraction of sp³-hybridized carbons (Fsp3) is 0.500. The van der Waals surface area contributed by atoms with Crippen LogP contribution in [0.2, 0.25) is 0 Å². The standard InChI is InChI=1S/C30H34F3N7O2/c31-30(32,33)22-3-5-26(37-17-22)39-14-8-21(18-39)28(41)40-15-9-24(19-40)38-23-6-10-29(42,11-7-23)25-4-2-20(16-36-25)27-34-12-1-13-35-27/h1-5,12-13,16-17,21,23-24,38,42H,6-11,14-15,18-19H2/t21-,23?,24?,29?/m0/s1.